The summed E-state index contributed by atoms with van der Waals surface area (Å²) in [4.78, 5) is 0. The van der Waals surface area contributed by atoms with Gasteiger partial charge in [-0.1, -0.05) is 0 Å². The number of hydrogen-bond donors (Lipinski definition) is 0. The van der Waals surface area contributed by atoms with Crippen LogP contribution in [0.4, 0.5) is 0 Å². The van der Waals surface area contributed by atoms with Gasteiger partial charge in [-0.25, -0.2) is 0 Å². The Morgan fingerprint density at radius 2 is 1.82 bits per heavy atom. The third kappa shape index (κ3) is 5.30. The van der Waals surface area contributed by atoms with Gasteiger partial charge in [0.1, 0.15) is 6.10 Å². The summed E-state index contributed by atoms with van der Waals surface area (Å²) < 4.78 is 27.3. The maximum atomic E-state index is 5.61. The van der Waals surface area contributed by atoms with Crippen LogP contribution in [0.2, 0.25) is 0 Å². The van der Waals surface area contributed by atoms with Crippen LogP contribution in [0.1, 0.15) is 27.7 Å². The fourth-order valence-electron chi connectivity index (χ4n) is 1.45. The Morgan fingerprint density at radius 3 is 2.24 bits per heavy atom. The normalized spacial score (nSPS) is 24.1. The Labute approximate surface area is 108 Å². The zero-order valence-corrected chi connectivity index (χ0v) is 12.5. The molecule has 0 radical (unpaired) electrons. The SMILES string of the molecule is CCOP(=S)(OCC)OC[C@H]1COC(C)(C)O1. The van der Waals surface area contributed by atoms with Gasteiger partial charge in [-0.15, -0.1) is 0 Å². The highest BCUT2D eigenvalue weighted by atomic mass is 32.5. The Morgan fingerprint density at radius 1 is 1.24 bits per heavy atom. The molecule has 5 nitrogen and oxygen atoms in total. The number of rotatable bonds is 7. The van der Waals surface area contributed by atoms with Crippen LogP contribution >= 0.6 is 6.72 Å². The molecular formula is C10H21O5PS. The van der Waals surface area contributed by atoms with Crippen LogP contribution in [0.25, 0.3) is 0 Å². The molecule has 0 aromatic rings. The van der Waals surface area contributed by atoms with E-state index in [0.29, 0.717) is 26.4 Å². The summed E-state index contributed by atoms with van der Waals surface area (Å²) in [5.74, 6) is -0.548. The minimum absolute atomic E-state index is 0.117. The highest BCUT2D eigenvalue weighted by molar-refractivity contribution is 8.07. The molecule has 1 aliphatic rings. The summed E-state index contributed by atoms with van der Waals surface area (Å²) in [6, 6.07) is 0. The van der Waals surface area contributed by atoms with Gasteiger partial charge in [0.15, 0.2) is 5.79 Å². The predicted molar refractivity (Wildman–Crippen MR) is 68.4 cm³/mol. The highest BCUT2D eigenvalue weighted by Gasteiger charge is 2.34. The third-order valence-corrected chi connectivity index (χ3v) is 4.62. The zero-order chi connectivity index (χ0) is 12.9. The fourth-order valence-corrected chi connectivity index (χ4v) is 3.47. The lowest BCUT2D eigenvalue weighted by molar-refractivity contribution is -0.141. The van der Waals surface area contributed by atoms with Crippen LogP contribution in [-0.2, 0) is 34.9 Å². The van der Waals surface area contributed by atoms with Gasteiger partial charge in [0.05, 0.1) is 26.4 Å². The molecule has 0 amide bonds. The topological polar surface area (TPSA) is 46.2 Å². The summed E-state index contributed by atoms with van der Waals surface area (Å²) in [7, 11) is 0. The van der Waals surface area contributed by atoms with E-state index in [1.165, 1.54) is 0 Å². The van der Waals surface area contributed by atoms with E-state index < -0.39 is 12.5 Å². The van der Waals surface area contributed by atoms with E-state index in [-0.39, 0.29) is 6.10 Å². The van der Waals surface area contributed by atoms with Gasteiger partial charge in [-0.05, 0) is 39.5 Å². The van der Waals surface area contributed by atoms with Crippen molar-refractivity contribution in [3.05, 3.63) is 0 Å². The second kappa shape index (κ2) is 6.57. The molecule has 1 fully saturated rings. The van der Waals surface area contributed by atoms with Crippen LogP contribution in [0.5, 0.6) is 0 Å². The monoisotopic (exact) mass is 284 g/mol. The van der Waals surface area contributed by atoms with Gasteiger partial charge in [0, 0.05) is 0 Å². The standard InChI is InChI=1S/C10H21O5PS/c1-5-12-16(17,13-6-2)14-8-9-7-11-10(3,4)15-9/h9H,5-8H2,1-4H3/t9-/m1/s1. The molecule has 1 aliphatic heterocycles. The van der Waals surface area contributed by atoms with Crippen molar-refractivity contribution in [2.24, 2.45) is 0 Å². The first-order valence-electron chi connectivity index (χ1n) is 5.76. The maximum absolute atomic E-state index is 5.61. The van der Waals surface area contributed by atoms with Crippen molar-refractivity contribution in [3.8, 4) is 0 Å². The second-order valence-corrected chi connectivity index (χ2v) is 7.04. The predicted octanol–water partition coefficient (Wildman–Crippen LogP) is 2.45. The van der Waals surface area contributed by atoms with E-state index in [9.17, 15) is 0 Å². The van der Waals surface area contributed by atoms with Crippen molar-refractivity contribution in [2.45, 2.75) is 39.6 Å². The quantitative estimate of drug-likeness (QED) is 0.669. The molecule has 0 bridgehead atoms. The molecule has 0 spiro atoms. The van der Waals surface area contributed by atoms with Crippen molar-refractivity contribution >= 4 is 18.5 Å². The minimum atomic E-state index is -2.62. The Kier molecular flexibility index (Phi) is 5.99. The van der Waals surface area contributed by atoms with Crippen molar-refractivity contribution in [1.82, 2.24) is 0 Å². The minimum Gasteiger partial charge on any atom is -0.348 e. The van der Waals surface area contributed by atoms with Crippen LogP contribution < -0.4 is 0 Å². The van der Waals surface area contributed by atoms with Crippen LogP contribution in [0.15, 0.2) is 0 Å². The van der Waals surface area contributed by atoms with Crippen molar-refractivity contribution in [2.75, 3.05) is 26.4 Å². The van der Waals surface area contributed by atoms with Crippen molar-refractivity contribution in [3.63, 3.8) is 0 Å². The summed E-state index contributed by atoms with van der Waals surface area (Å²) in [6.07, 6.45) is -0.117. The van der Waals surface area contributed by atoms with E-state index in [1.807, 2.05) is 27.7 Å². The summed E-state index contributed by atoms with van der Waals surface area (Å²) in [5, 5.41) is 0. The molecule has 1 heterocycles. The lowest BCUT2D eigenvalue weighted by atomic mass is 10.4. The first-order chi connectivity index (χ1) is 7.91. The molecule has 1 atom stereocenters. The van der Waals surface area contributed by atoms with Crippen LogP contribution in [0.3, 0.4) is 0 Å². The molecule has 102 valence electrons. The second-order valence-electron chi connectivity index (χ2n) is 4.03. The molecular weight excluding hydrogens is 263 g/mol. The van der Waals surface area contributed by atoms with E-state index >= 15 is 0 Å². The molecule has 1 rings (SSSR count). The molecule has 0 unspecified atom stereocenters. The van der Waals surface area contributed by atoms with E-state index in [0.717, 1.165) is 0 Å². The smallest absolute Gasteiger partial charge is 0.327 e. The van der Waals surface area contributed by atoms with E-state index in [1.54, 1.807) is 0 Å². The van der Waals surface area contributed by atoms with Gasteiger partial charge in [0.2, 0.25) is 0 Å². The number of hydrogen-bond acceptors (Lipinski definition) is 6. The molecule has 0 saturated carbocycles. The van der Waals surface area contributed by atoms with Crippen molar-refractivity contribution in [1.29, 1.82) is 0 Å². The lowest BCUT2D eigenvalue weighted by Crippen LogP contribution is -2.24. The lowest BCUT2D eigenvalue weighted by Gasteiger charge is -2.22. The Bertz CT molecular complexity index is 274. The Balaban J connectivity index is 2.40. The molecule has 0 aliphatic carbocycles. The fraction of sp³-hybridized carbons (Fsp3) is 1.00. The van der Waals surface area contributed by atoms with Crippen LogP contribution in [0, 0.1) is 0 Å². The molecule has 1 saturated heterocycles. The maximum Gasteiger partial charge on any atom is 0.327 e. The van der Waals surface area contributed by atoms with Gasteiger partial charge in [-0.3, -0.25) is 0 Å². The van der Waals surface area contributed by atoms with Gasteiger partial charge >= 0.3 is 6.72 Å². The van der Waals surface area contributed by atoms with E-state index in [2.05, 4.69) is 0 Å². The zero-order valence-electron chi connectivity index (χ0n) is 10.8. The first-order valence-corrected chi connectivity index (χ1v) is 8.32. The molecule has 0 aromatic carbocycles. The third-order valence-electron chi connectivity index (χ3n) is 2.06. The molecule has 17 heavy (non-hydrogen) atoms. The summed E-state index contributed by atoms with van der Waals surface area (Å²) in [6.45, 7) is 6.64. The van der Waals surface area contributed by atoms with Crippen molar-refractivity contribution < 1.29 is 23.0 Å². The van der Waals surface area contributed by atoms with Gasteiger partial charge in [0.25, 0.3) is 0 Å². The first kappa shape index (κ1) is 15.5. The molecule has 0 aromatic heterocycles. The van der Waals surface area contributed by atoms with Crippen LogP contribution in [-0.4, -0.2) is 38.3 Å². The van der Waals surface area contributed by atoms with E-state index in [4.69, 9.17) is 34.9 Å². The van der Waals surface area contributed by atoms with Gasteiger partial charge in [-0.2, -0.15) is 0 Å². The highest BCUT2D eigenvalue weighted by Crippen LogP contribution is 2.50. The number of ether oxygens (including phenoxy) is 2. The Hall–Kier alpha value is 0.450. The largest absolute Gasteiger partial charge is 0.348 e. The summed E-state index contributed by atoms with van der Waals surface area (Å²) in [5.41, 5.74) is 0. The van der Waals surface area contributed by atoms with Gasteiger partial charge < -0.3 is 23.0 Å². The average molecular weight is 284 g/mol. The molecule has 0 N–H and O–H groups in total. The molecule has 7 heteroatoms. The average Bonchev–Trinajstić information content (AvgIpc) is 2.56. The summed E-state index contributed by atoms with van der Waals surface area (Å²) >= 11 is 5.24.